The lowest BCUT2D eigenvalue weighted by molar-refractivity contribution is 0.633. The summed E-state index contributed by atoms with van der Waals surface area (Å²) >= 11 is 0. The molecule has 13 aromatic carbocycles. The van der Waals surface area contributed by atoms with Gasteiger partial charge in [0.15, 0.2) is 0 Å². The molecule has 1 heterocycles. The maximum Gasteiger partial charge on any atom is 0.143 e. The maximum absolute atomic E-state index is 7.21. The Labute approximate surface area is 351 Å². The summed E-state index contributed by atoms with van der Waals surface area (Å²) in [6, 6.07) is 76.2. The first-order valence-electron chi connectivity index (χ1n) is 21.2. The van der Waals surface area contributed by atoms with Gasteiger partial charge in [-0.15, -0.1) is 0 Å². The number of hydrogen-bond donors (Lipinski definition) is 0. The molecule has 0 aliphatic heterocycles. The first-order chi connectivity index (χ1) is 30.3. The van der Waals surface area contributed by atoms with Gasteiger partial charge in [0.05, 0.1) is 0 Å². The van der Waals surface area contributed by atoms with Gasteiger partial charge in [-0.1, -0.05) is 188 Å². The normalized spacial score (nSPS) is 12.3. The Morgan fingerprint density at radius 2 is 0.689 bits per heavy atom. The lowest BCUT2D eigenvalue weighted by atomic mass is 9.83. The van der Waals surface area contributed by atoms with Crippen molar-refractivity contribution in [3.63, 3.8) is 0 Å². The lowest BCUT2D eigenvalue weighted by Gasteiger charge is -2.20. The van der Waals surface area contributed by atoms with E-state index in [-0.39, 0.29) is 0 Å². The smallest absolute Gasteiger partial charge is 0.143 e. The van der Waals surface area contributed by atoms with E-state index >= 15 is 0 Å². The molecule has 0 radical (unpaired) electrons. The van der Waals surface area contributed by atoms with Crippen LogP contribution in [0, 0.1) is 0 Å². The second kappa shape index (κ2) is 12.3. The van der Waals surface area contributed by atoms with Gasteiger partial charge in [0.2, 0.25) is 0 Å². The van der Waals surface area contributed by atoms with Gasteiger partial charge >= 0.3 is 0 Å². The van der Waals surface area contributed by atoms with Crippen molar-refractivity contribution < 1.29 is 4.42 Å². The quantitative estimate of drug-likeness (QED) is 0.128. The molecule has 0 aliphatic rings. The minimum atomic E-state index is 0.876. The Kier molecular flexibility index (Phi) is 6.62. The van der Waals surface area contributed by atoms with E-state index in [9.17, 15) is 0 Å². The van der Waals surface area contributed by atoms with E-state index in [1.165, 1.54) is 103 Å². The summed E-state index contributed by atoms with van der Waals surface area (Å²) in [7, 11) is 0. The predicted molar refractivity (Wildman–Crippen MR) is 260 cm³/mol. The van der Waals surface area contributed by atoms with Gasteiger partial charge in [0.25, 0.3) is 0 Å². The molecule has 0 amide bonds. The summed E-state index contributed by atoms with van der Waals surface area (Å²) in [5.74, 6) is 0.898. The minimum Gasteiger partial charge on any atom is -0.455 e. The third kappa shape index (κ3) is 4.55. The zero-order chi connectivity index (χ0) is 39.8. The minimum absolute atomic E-state index is 0.876. The maximum atomic E-state index is 7.21. The molecule has 1 heteroatoms. The summed E-state index contributed by atoms with van der Waals surface area (Å²) < 4.78 is 7.21. The van der Waals surface area contributed by atoms with E-state index in [1.807, 2.05) is 0 Å². The third-order valence-electron chi connectivity index (χ3n) is 13.5. The van der Waals surface area contributed by atoms with Gasteiger partial charge < -0.3 is 4.42 Å². The molecular formula is C60H34O. The van der Waals surface area contributed by atoms with Crippen LogP contribution in [0.4, 0.5) is 0 Å². The molecule has 0 fully saturated rings. The fraction of sp³-hybridized carbons (Fsp3) is 0. The van der Waals surface area contributed by atoms with Crippen LogP contribution in [0.5, 0.6) is 0 Å². The number of fused-ring (bicyclic) bond motifs is 3. The largest absolute Gasteiger partial charge is 0.455 e. The molecule has 0 unspecified atom stereocenters. The van der Waals surface area contributed by atoms with Crippen molar-refractivity contribution in [3.05, 3.63) is 206 Å². The number of hydrogen-bond acceptors (Lipinski definition) is 1. The summed E-state index contributed by atoms with van der Waals surface area (Å²) in [6.45, 7) is 0. The van der Waals surface area contributed by atoms with E-state index in [4.69, 9.17) is 4.42 Å². The van der Waals surface area contributed by atoms with E-state index < -0.39 is 0 Å². The molecule has 0 saturated carbocycles. The molecule has 280 valence electrons. The first-order valence-corrected chi connectivity index (χ1v) is 21.2. The second-order valence-electron chi connectivity index (χ2n) is 16.7. The summed E-state index contributed by atoms with van der Waals surface area (Å²) in [5.41, 5.74) is 9.14. The molecule has 0 spiro atoms. The Balaban J connectivity index is 1.03. The molecule has 0 atom stereocenters. The molecule has 1 nitrogen and oxygen atoms in total. The molecule has 1 aromatic heterocycles. The third-order valence-corrected chi connectivity index (χ3v) is 13.5. The van der Waals surface area contributed by atoms with Gasteiger partial charge in [-0.3, -0.25) is 0 Å². The Morgan fingerprint density at radius 1 is 0.246 bits per heavy atom. The fourth-order valence-electron chi connectivity index (χ4n) is 10.9. The van der Waals surface area contributed by atoms with Crippen molar-refractivity contribution in [2.75, 3.05) is 0 Å². The number of rotatable bonds is 4. The van der Waals surface area contributed by atoms with Crippen molar-refractivity contribution >= 4 is 97.1 Å². The van der Waals surface area contributed by atoms with Crippen LogP contribution in [0.15, 0.2) is 211 Å². The van der Waals surface area contributed by atoms with Crippen molar-refractivity contribution in [2.24, 2.45) is 0 Å². The van der Waals surface area contributed by atoms with Crippen LogP contribution < -0.4 is 0 Å². The summed E-state index contributed by atoms with van der Waals surface area (Å²) in [5, 5.41) is 21.4. The number of furan rings is 1. The van der Waals surface area contributed by atoms with Crippen LogP contribution >= 0.6 is 0 Å². The zero-order valence-corrected chi connectivity index (χ0v) is 33.0. The van der Waals surface area contributed by atoms with E-state index in [1.54, 1.807) is 0 Å². The molecule has 0 bridgehead atoms. The van der Waals surface area contributed by atoms with Crippen molar-refractivity contribution in [1.29, 1.82) is 0 Å². The fourth-order valence-corrected chi connectivity index (χ4v) is 10.9. The Morgan fingerprint density at radius 3 is 1.26 bits per heavy atom. The molecule has 0 N–H and O–H groups in total. The highest BCUT2D eigenvalue weighted by Gasteiger charge is 2.24. The Bertz CT molecular complexity index is 4010. The SMILES string of the molecule is c1ccc(-c2c(-c3ccc4ccc5cccc6ccc3c4c56)oc3cc(-c4c5ccccc5c(-c5ccc6ccc7cccc8ccc5c6c78)c5ccccc45)ccc23)cc1. The van der Waals surface area contributed by atoms with Crippen molar-refractivity contribution in [1.82, 2.24) is 0 Å². The summed E-state index contributed by atoms with van der Waals surface area (Å²) in [4.78, 5) is 0. The highest BCUT2D eigenvalue weighted by Crippen LogP contribution is 2.50. The molecule has 0 aliphatic carbocycles. The van der Waals surface area contributed by atoms with Crippen molar-refractivity contribution in [3.8, 4) is 44.7 Å². The standard InChI is InChI=1S/C60H34O/c1-2-10-35(11-3-1)58-51-33-28-42(34-52(51)61-60(58)50-32-27-41-23-21-37-13-9-15-39-25-31-49(50)57(41)54(37)39)55-43-16-4-6-18-45(43)59(46-19-7-5-17-44(46)55)48-30-26-40-22-20-36-12-8-14-38-24-29-47(48)56(40)53(36)38/h1-34H. The van der Waals surface area contributed by atoms with Gasteiger partial charge in [-0.05, 0) is 132 Å². The van der Waals surface area contributed by atoms with Gasteiger partial charge in [0.1, 0.15) is 11.3 Å². The van der Waals surface area contributed by atoms with Gasteiger partial charge in [0, 0.05) is 16.5 Å². The predicted octanol–water partition coefficient (Wildman–Crippen LogP) is 17.2. The highest BCUT2D eigenvalue weighted by atomic mass is 16.3. The number of benzene rings is 13. The van der Waals surface area contributed by atoms with Crippen molar-refractivity contribution in [2.45, 2.75) is 0 Å². The van der Waals surface area contributed by atoms with Crippen LogP contribution in [0.25, 0.3) is 142 Å². The van der Waals surface area contributed by atoms with E-state index in [2.05, 4.69) is 206 Å². The van der Waals surface area contributed by atoms with E-state index in [0.29, 0.717) is 0 Å². The summed E-state index contributed by atoms with van der Waals surface area (Å²) in [6.07, 6.45) is 0. The average molecular weight is 771 g/mol. The van der Waals surface area contributed by atoms with Crippen LogP contribution in [0.2, 0.25) is 0 Å². The van der Waals surface area contributed by atoms with Gasteiger partial charge in [-0.2, -0.15) is 0 Å². The topological polar surface area (TPSA) is 13.1 Å². The van der Waals surface area contributed by atoms with Crippen LogP contribution in [0.1, 0.15) is 0 Å². The van der Waals surface area contributed by atoms with Crippen LogP contribution in [-0.2, 0) is 0 Å². The molecule has 0 saturated heterocycles. The lowest BCUT2D eigenvalue weighted by Crippen LogP contribution is -1.92. The first kappa shape index (κ1) is 32.9. The highest BCUT2D eigenvalue weighted by molar-refractivity contribution is 6.30. The molecule has 14 aromatic rings. The van der Waals surface area contributed by atoms with Gasteiger partial charge in [-0.25, -0.2) is 0 Å². The monoisotopic (exact) mass is 770 g/mol. The van der Waals surface area contributed by atoms with Crippen LogP contribution in [0.3, 0.4) is 0 Å². The Hall–Kier alpha value is -8.00. The van der Waals surface area contributed by atoms with Crippen LogP contribution in [-0.4, -0.2) is 0 Å². The molecule has 14 rings (SSSR count). The van der Waals surface area contributed by atoms with E-state index in [0.717, 1.165) is 39.0 Å². The molecular weight excluding hydrogens is 737 g/mol. The average Bonchev–Trinajstić information content (AvgIpc) is 3.70. The molecule has 61 heavy (non-hydrogen) atoms. The second-order valence-corrected chi connectivity index (χ2v) is 16.7. The zero-order valence-electron chi connectivity index (χ0n) is 33.0.